The first kappa shape index (κ1) is 17.6. The fourth-order valence-electron chi connectivity index (χ4n) is 2.93. The van der Waals surface area contributed by atoms with E-state index in [9.17, 15) is 13.6 Å². The molecule has 0 spiro atoms. The Morgan fingerprint density at radius 2 is 2.23 bits per heavy atom. The fraction of sp³-hybridized carbons (Fsp3) is 0.625. The Bertz CT molecular complexity index is 583. The number of fused-ring (bicyclic) bond motifs is 1. The molecule has 0 radical (unpaired) electrons. The number of carbonyl (C=O) groups excluding carboxylic acids is 1. The van der Waals surface area contributed by atoms with Gasteiger partial charge in [-0.2, -0.15) is 0 Å². The number of halogens is 3. The molecule has 22 heavy (non-hydrogen) atoms. The number of nitrogens with zero attached hydrogens (tertiary/aromatic N) is 2. The first-order valence-electron chi connectivity index (χ1n) is 7.57. The molecule has 6 heteroatoms. The summed E-state index contributed by atoms with van der Waals surface area (Å²) in [6, 6.07) is 0. The van der Waals surface area contributed by atoms with Gasteiger partial charge in [-0.05, 0) is 0 Å². The van der Waals surface area contributed by atoms with Crippen molar-refractivity contribution >= 4 is 23.6 Å². The second-order valence-electron chi connectivity index (χ2n) is 5.60. The monoisotopic (exact) mass is 424 g/mol. The topological polar surface area (TPSA) is 34.9 Å². The van der Waals surface area contributed by atoms with E-state index in [1.165, 1.54) is 11.6 Å². The summed E-state index contributed by atoms with van der Waals surface area (Å²) in [5, 5.41) is 4.42. The molecule has 1 unspecified atom stereocenters. The number of aromatic nitrogens is 2. The van der Waals surface area contributed by atoms with Crippen molar-refractivity contribution in [1.29, 1.82) is 0 Å². The average Bonchev–Trinajstić information content (AvgIpc) is 3.04. The van der Waals surface area contributed by atoms with Crippen molar-refractivity contribution < 1.29 is 13.6 Å². The molecule has 0 N–H and O–H groups in total. The molecule has 0 aromatic carbocycles. The van der Waals surface area contributed by atoms with Crippen LogP contribution < -0.4 is 0 Å². The second-order valence-corrected chi connectivity index (χ2v) is 10.6. The van der Waals surface area contributed by atoms with Crippen LogP contribution in [0, 0.1) is 0 Å². The van der Waals surface area contributed by atoms with E-state index in [1.807, 2.05) is 4.93 Å². The molecule has 124 valence electrons. The van der Waals surface area contributed by atoms with Crippen LogP contribution in [0.25, 0.3) is 0 Å². The van der Waals surface area contributed by atoms with Crippen LogP contribution in [0.2, 0.25) is 0 Å². The van der Waals surface area contributed by atoms with Gasteiger partial charge >= 0.3 is 137 Å². The van der Waals surface area contributed by atoms with Crippen LogP contribution in [-0.2, 0) is 23.7 Å². The third-order valence-corrected chi connectivity index (χ3v) is 7.89. The Balaban J connectivity index is 2.45. The van der Waals surface area contributed by atoms with Gasteiger partial charge in [0.05, 0.1) is 0 Å². The van der Waals surface area contributed by atoms with Crippen LogP contribution in [0.1, 0.15) is 56.0 Å². The predicted octanol–water partition coefficient (Wildman–Crippen LogP) is 4.63. The van der Waals surface area contributed by atoms with Crippen LogP contribution >= 0.6 is 19.8 Å². The molecular formula is C16H23F2IN2O. The summed E-state index contributed by atoms with van der Waals surface area (Å²) in [5.41, 5.74) is 1.44. The van der Waals surface area contributed by atoms with E-state index in [0.29, 0.717) is 12.0 Å². The number of carbonyl (C=O) groups is 1. The molecule has 3 nitrogen and oxygen atoms in total. The summed E-state index contributed by atoms with van der Waals surface area (Å²) < 4.78 is 31.8. The molecule has 0 amide bonds. The molecule has 1 atom stereocenters. The molecule has 1 heterocycles. The minimum atomic E-state index is -2.93. The van der Waals surface area contributed by atoms with Gasteiger partial charge in [-0.15, -0.1) is 0 Å². The summed E-state index contributed by atoms with van der Waals surface area (Å²) in [7, 11) is 0. The van der Waals surface area contributed by atoms with Crippen LogP contribution in [0.15, 0.2) is 10.7 Å². The van der Waals surface area contributed by atoms with Crippen molar-refractivity contribution in [2.75, 3.05) is 4.93 Å². The number of hydrogen-bond donors (Lipinski definition) is 0. The molecule has 1 aliphatic carbocycles. The predicted molar refractivity (Wildman–Crippen MR) is 92.9 cm³/mol. The van der Waals surface area contributed by atoms with Gasteiger partial charge in [0, 0.05) is 0 Å². The van der Waals surface area contributed by atoms with Crippen LogP contribution in [-0.4, -0.2) is 18.5 Å². The molecular weight excluding hydrogens is 401 g/mol. The van der Waals surface area contributed by atoms with Gasteiger partial charge in [0.25, 0.3) is 0 Å². The third-order valence-electron chi connectivity index (χ3n) is 4.33. The summed E-state index contributed by atoms with van der Waals surface area (Å²) >= 11 is -1.91. The molecule has 0 fully saturated rings. The SMILES string of the molecule is C=CI(C)C(=O)Cn1nc2c(c1C(F)(F)CC)CCC2CC. The van der Waals surface area contributed by atoms with Crippen molar-refractivity contribution in [2.45, 2.75) is 57.9 Å². The average molecular weight is 424 g/mol. The maximum atomic E-state index is 14.4. The van der Waals surface area contributed by atoms with Gasteiger partial charge in [0.2, 0.25) is 0 Å². The minimum absolute atomic E-state index is 0.0153. The van der Waals surface area contributed by atoms with Crippen molar-refractivity contribution in [3.8, 4) is 0 Å². The zero-order valence-corrected chi connectivity index (χ0v) is 15.5. The Kier molecular flexibility index (Phi) is 5.40. The molecule has 1 aliphatic rings. The van der Waals surface area contributed by atoms with Crippen molar-refractivity contribution in [1.82, 2.24) is 9.78 Å². The number of hydrogen-bond acceptors (Lipinski definition) is 2. The molecule has 2 rings (SSSR count). The summed E-state index contributed by atoms with van der Waals surface area (Å²) in [6.45, 7) is 7.14. The van der Waals surface area contributed by atoms with Crippen molar-refractivity contribution in [3.63, 3.8) is 0 Å². The normalized spacial score (nSPS) is 18.2. The number of alkyl halides is 3. The molecule has 1 aromatic rings. The summed E-state index contributed by atoms with van der Waals surface area (Å²) in [5.74, 6) is -2.68. The van der Waals surface area contributed by atoms with Crippen LogP contribution in [0.3, 0.4) is 0 Å². The van der Waals surface area contributed by atoms with Gasteiger partial charge in [-0.3, -0.25) is 0 Å². The van der Waals surface area contributed by atoms with Crippen molar-refractivity contribution in [2.24, 2.45) is 0 Å². The van der Waals surface area contributed by atoms with Gasteiger partial charge in [0.1, 0.15) is 0 Å². The van der Waals surface area contributed by atoms with Crippen LogP contribution in [0.4, 0.5) is 8.78 Å². The van der Waals surface area contributed by atoms with E-state index in [4.69, 9.17) is 0 Å². The fourth-order valence-corrected chi connectivity index (χ4v) is 4.29. The first-order valence-corrected chi connectivity index (χ1v) is 12.1. The Morgan fingerprint density at radius 3 is 2.77 bits per heavy atom. The summed E-state index contributed by atoms with van der Waals surface area (Å²) in [6.07, 6.45) is 2.15. The molecule has 0 aliphatic heterocycles. The van der Waals surface area contributed by atoms with E-state index < -0.39 is 25.7 Å². The zero-order valence-electron chi connectivity index (χ0n) is 13.3. The van der Waals surface area contributed by atoms with E-state index in [2.05, 4.69) is 18.6 Å². The Hall–Kier alpha value is -0.790. The van der Waals surface area contributed by atoms with Gasteiger partial charge < -0.3 is 0 Å². The van der Waals surface area contributed by atoms with E-state index in [1.54, 1.807) is 4.08 Å². The quantitative estimate of drug-likeness (QED) is 0.364. The maximum absolute atomic E-state index is 14.4. The van der Waals surface area contributed by atoms with Gasteiger partial charge in [-0.25, -0.2) is 0 Å². The van der Waals surface area contributed by atoms with Gasteiger partial charge in [-0.1, -0.05) is 0 Å². The van der Waals surface area contributed by atoms with E-state index in [0.717, 1.165) is 18.5 Å². The Labute approximate surface area is 137 Å². The number of rotatable bonds is 7. The third kappa shape index (κ3) is 3.12. The summed E-state index contributed by atoms with van der Waals surface area (Å²) in [4.78, 5) is 14.1. The zero-order chi connectivity index (χ0) is 16.5. The molecule has 0 saturated carbocycles. The molecule has 1 aromatic heterocycles. The second kappa shape index (κ2) is 6.76. The van der Waals surface area contributed by atoms with Crippen LogP contribution in [0.5, 0.6) is 0 Å². The van der Waals surface area contributed by atoms with E-state index >= 15 is 0 Å². The first-order chi connectivity index (χ1) is 10.4. The molecule has 0 bridgehead atoms. The van der Waals surface area contributed by atoms with E-state index in [-0.39, 0.29) is 28.4 Å². The van der Waals surface area contributed by atoms with Crippen molar-refractivity contribution in [3.05, 3.63) is 27.6 Å². The Morgan fingerprint density at radius 1 is 1.55 bits per heavy atom. The molecule has 0 saturated heterocycles. The van der Waals surface area contributed by atoms with Gasteiger partial charge in [0.15, 0.2) is 0 Å². The standard InChI is InChI=1S/C16H23F2IN2O/c1-5-11-8-9-12-14(11)20-21(10-13(22)19(4)7-3)15(12)16(17,18)6-2/h7,11H,3,5-6,8-10H2,1-2,4H3.